The lowest BCUT2D eigenvalue weighted by Crippen LogP contribution is -2.50. The van der Waals surface area contributed by atoms with Gasteiger partial charge < -0.3 is 15.0 Å². The van der Waals surface area contributed by atoms with Crippen molar-refractivity contribution in [3.63, 3.8) is 0 Å². The van der Waals surface area contributed by atoms with Crippen molar-refractivity contribution in [2.75, 3.05) is 39.4 Å². The van der Waals surface area contributed by atoms with E-state index in [1.807, 2.05) is 0 Å². The van der Waals surface area contributed by atoms with Crippen LogP contribution in [0.1, 0.15) is 30.4 Å². The molecule has 2 aliphatic heterocycles. The van der Waals surface area contributed by atoms with E-state index in [0.717, 1.165) is 51.0 Å². The average Bonchev–Trinajstić information content (AvgIpc) is 2.84. The zero-order chi connectivity index (χ0) is 15.4. The van der Waals surface area contributed by atoms with Crippen molar-refractivity contribution < 1.29 is 9.53 Å². The molecule has 1 aromatic rings. The molecular formula is C18H27ClN2O2. The summed E-state index contributed by atoms with van der Waals surface area (Å²) in [5.41, 5.74) is 2.00. The van der Waals surface area contributed by atoms with Gasteiger partial charge in [0.15, 0.2) is 0 Å². The molecule has 0 saturated carbocycles. The fourth-order valence-corrected chi connectivity index (χ4v) is 3.57. The molecule has 0 spiro atoms. The normalized spacial score (nSPS) is 21.2. The Labute approximate surface area is 145 Å². The van der Waals surface area contributed by atoms with Crippen LogP contribution >= 0.6 is 12.4 Å². The maximum absolute atomic E-state index is 13.4. The summed E-state index contributed by atoms with van der Waals surface area (Å²) in [6, 6.07) is 8.50. The summed E-state index contributed by atoms with van der Waals surface area (Å²) >= 11 is 0. The Kier molecular flexibility index (Phi) is 6.45. The first-order valence-corrected chi connectivity index (χ1v) is 8.37. The third-order valence-electron chi connectivity index (χ3n) is 4.99. The third kappa shape index (κ3) is 3.87. The topological polar surface area (TPSA) is 41.6 Å². The highest BCUT2D eigenvalue weighted by Crippen LogP contribution is 2.37. The van der Waals surface area contributed by atoms with Gasteiger partial charge in [-0.15, -0.1) is 12.4 Å². The minimum atomic E-state index is -0.393. The molecule has 2 saturated heterocycles. The molecule has 5 heteroatoms. The van der Waals surface area contributed by atoms with Gasteiger partial charge in [0.25, 0.3) is 0 Å². The molecule has 4 nitrogen and oxygen atoms in total. The highest BCUT2D eigenvalue weighted by atomic mass is 35.5. The van der Waals surface area contributed by atoms with Crippen molar-refractivity contribution in [2.45, 2.75) is 31.6 Å². The first-order chi connectivity index (χ1) is 10.7. The van der Waals surface area contributed by atoms with Gasteiger partial charge in [-0.3, -0.25) is 4.79 Å². The van der Waals surface area contributed by atoms with Crippen LogP contribution in [0.25, 0.3) is 0 Å². The molecule has 0 bridgehead atoms. The van der Waals surface area contributed by atoms with Crippen molar-refractivity contribution in [3.05, 3.63) is 35.4 Å². The van der Waals surface area contributed by atoms with Gasteiger partial charge in [0, 0.05) is 32.8 Å². The van der Waals surface area contributed by atoms with Crippen molar-refractivity contribution >= 4 is 18.3 Å². The maximum atomic E-state index is 13.4. The quantitative estimate of drug-likeness (QED) is 0.899. The number of aryl methyl sites for hydroxylation is 1. The highest BCUT2D eigenvalue weighted by Gasteiger charge is 2.43. The van der Waals surface area contributed by atoms with E-state index >= 15 is 0 Å². The maximum Gasteiger partial charge on any atom is 0.233 e. The lowest BCUT2D eigenvalue weighted by molar-refractivity contribution is -0.141. The third-order valence-corrected chi connectivity index (χ3v) is 4.99. The number of carbonyl (C=O) groups excluding carboxylic acids is 1. The Morgan fingerprint density at radius 1 is 1.13 bits per heavy atom. The number of nitrogens with zero attached hydrogens (tertiary/aromatic N) is 1. The zero-order valence-electron chi connectivity index (χ0n) is 13.8. The number of hydrogen-bond acceptors (Lipinski definition) is 3. The Morgan fingerprint density at radius 3 is 2.52 bits per heavy atom. The van der Waals surface area contributed by atoms with E-state index < -0.39 is 5.41 Å². The van der Waals surface area contributed by atoms with Crippen LogP contribution in [0.3, 0.4) is 0 Å². The van der Waals surface area contributed by atoms with Gasteiger partial charge in [-0.1, -0.05) is 29.8 Å². The molecule has 0 aromatic heterocycles. The van der Waals surface area contributed by atoms with Gasteiger partial charge in [0.05, 0.1) is 5.41 Å². The highest BCUT2D eigenvalue weighted by molar-refractivity contribution is 5.88. The minimum Gasteiger partial charge on any atom is -0.381 e. The number of carbonyl (C=O) groups is 1. The monoisotopic (exact) mass is 338 g/mol. The average molecular weight is 339 g/mol. The molecule has 1 amide bonds. The molecule has 1 aromatic carbocycles. The molecular weight excluding hydrogens is 312 g/mol. The van der Waals surface area contributed by atoms with Crippen molar-refractivity contribution in [1.29, 1.82) is 0 Å². The predicted octanol–water partition coefficient (Wildman–Crippen LogP) is 2.29. The summed E-state index contributed by atoms with van der Waals surface area (Å²) in [4.78, 5) is 15.4. The van der Waals surface area contributed by atoms with Crippen LogP contribution in [-0.2, 0) is 14.9 Å². The molecule has 0 radical (unpaired) electrons. The standard InChI is InChI=1S/C18H26N2O2.ClH/c1-15-3-5-16(6-4-15)18(7-13-22-14-8-18)17(21)20-11-2-9-19-10-12-20;/h3-6,19H,2,7-14H2,1H3;1H. The van der Waals surface area contributed by atoms with E-state index in [1.54, 1.807) is 0 Å². The lowest BCUT2D eigenvalue weighted by atomic mass is 9.72. The van der Waals surface area contributed by atoms with E-state index in [4.69, 9.17) is 4.74 Å². The molecule has 0 atom stereocenters. The molecule has 23 heavy (non-hydrogen) atoms. The summed E-state index contributed by atoms with van der Waals surface area (Å²) in [5, 5.41) is 3.38. The summed E-state index contributed by atoms with van der Waals surface area (Å²) < 4.78 is 5.55. The largest absolute Gasteiger partial charge is 0.381 e. The second-order valence-corrected chi connectivity index (χ2v) is 6.46. The predicted molar refractivity (Wildman–Crippen MR) is 94.2 cm³/mol. The summed E-state index contributed by atoms with van der Waals surface area (Å²) in [7, 11) is 0. The Hall–Kier alpha value is -1.10. The summed E-state index contributed by atoms with van der Waals surface area (Å²) in [6.07, 6.45) is 2.61. The van der Waals surface area contributed by atoms with E-state index in [1.165, 1.54) is 5.56 Å². The molecule has 2 heterocycles. The molecule has 0 unspecified atom stereocenters. The molecule has 1 N–H and O–H groups in total. The zero-order valence-corrected chi connectivity index (χ0v) is 14.7. The van der Waals surface area contributed by atoms with E-state index in [9.17, 15) is 4.79 Å². The van der Waals surface area contributed by atoms with Crippen LogP contribution in [-0.4, -0.2) is 50.2 Å². The van der Waals surface area contributed by atoms with E-state index in [0.29, 0.717) is 19.1 Å². The van der Waals surface area contributed by atoms with Gasteiger partial charge in [-0.25, -0.2) is 0 Å². The number of nitrogens with one attached hydrogen (secondary N) is 1. The number of ether oxygens (including phenoxy) is 1. The second-order valence-electron chi connectivity index (χ2n) is 6.46. The molecule has 2 fully saturated rings. The Morgan fingerprint density at radius 2 is 1.83 bits per heavy atom. The molecule has 3 rings (SSSR count). The Balaban J connectivity index is 0.00000192. The van der Waals surface area contributed by atoms with Gasteiger partial charge >= 0.3 is 0 Å². The summed E-state index contributed by atoms with van der Waals surface area (Å²) in [6.45, 7) is 7.00. The summed E-state index contributed by atoms with van der Waals surface area (Å²) in [5.74, 6) is 0.295. The molecule has 0 aliphatic carbocycles. The number of rotatable bonds is 2. The SMILES string of the molecule is Cc1ccc(C2(C(=O)N3CCCNCC3)CCOCC2)cc1.Cl. The van der Waals surface area contributed by atoms with Crippen LogP contribution in [0.4, 0.5) is 0 Å². The van der Waals surface area contributed by atoms with Crippen LogP contribution < -0.4 is 5.32 Å². The van der Waals surface area contributed by atoms with Gasteiger partial charge in [0.2, 0.25) is 5.91 Å². The number of halogens is 1. The van der Waals surface area contributed by atoms with Crippen LogP contribution in [0, 0.1) is 6.92 Å². The van der Waals surface area contributed by atoms with Crippen LogP contribution in [0.2, 0.25) is 0 Å². The van der Waals surface area contributed by atoms with Gasteiger partial charge in [0.1, 0.15) is 0 Å². The fraction of sp³-hybridized carbons (Fsp3) is 0.611. The lowest BCUT2D eigenvalue weighted by Gasteiger charge is -2.40. The van der Waals surface area contributed by atoms with E-state index in [-0.39, 0.29) is 12.4 Å². The number of hydrogen-bond donors (Lipinski definition) is 1. The molecule has 2 aliphatic rings. The number of benzene rings is 1. The van der Waals surface area contributed by atoms with Crippen molar-refractivity contribution in [2.24, 2.45) is 0 Å². The van der Waals surface area contributed by atoms with Crippen molar-refractivity contribution in [1.82, 2.24) is 10.2 Å². The van der Waals surface area contributed by atoms with E-state index in [2.05, 4.69) is 41.4 Å². The van der Waals surface area contributed by atoms with Crippen LogP contribution in [0.15, 0.2) is 24.3 Å². The number of amides is 1. The Bertz CT molecular complexity index is 504. The van der Waals surface area contributed by atoms with Crippen LogP contribution in [0.5, 0.6) is 0 Å². The second kappa shape index (κ2) is 8.13. The minimum absolute atomic E-state index is 0. The van der Waals surface area contributed by atoms with Gasteiger partial charge in [-0.05, 0) is 38.3 Å². The smallest absolute Gasteiger partial charge is 0.233 e. The first-order valence-electron chi connectivity index (χ1n) is 8.37. The van der Waals surface area contributed by atoms with Gasteiger partial charge in [-0.2, -0.15) is 0 Å². The molecule has 128 valence electrons. The van der Waals surface area contributed by atoms with Crippen molar-refractivity contribution in [3.8, 4) is 0 Å². The first kappa shape index (κ1) is 18.2. The fourth-order valence-electron chi connectivity index (χ4n) is 3.57.